The lowest BCUT2D eigenvalue weighted by Crippen LogP contribution is -2.38. The fourth-order valence-electron chi connectivity index (χ4n) is 4.50. The van der Waals surface area contributed by atoms with Crippen molar-refractivity contribution in [2.45, 2.75) is 26.0 Å². The first-order chi connectivity index (χ1) is 18.8. The minimum atomic E-state index is -0.637. The van der Waals surface area contributed by atoms with E-state index in [4.69, 9.17) is 19.2 Å². The third-order valence-corrected chi connectivity index (χ3v) is 7.27. The van der Waals surface area contributed by atoms with Crippen LogP contribution in [0, 0.1) is 0 Å². The van der Waals surface area contributed by atoms with Crippen LogP contribution in [0.1, 0.15) is 30.5 Å². The van der Waals surface area contributed by atoms with Crippen molar-refractivity contribution >= 4 is 28.8 Å². The summed E-state index contributed by atoms with van der Waals surface area (Å²) in [7, 11) is 7.05. The van der Waals surface area contributed by atoms with Gasteiger partial charge in [-0.3, -0.25) is 4.79 Å². The molecule has 0 saturated heterocycles. The van der Waals surface area contributed by atoms with Crippen LogP contribution in [0.4, 0.5) is 0 Å². The van der Waals surface area contributed by atoms with Crippen molar-refractivity contribution in [2.75, 3.05) is 41.4 Å². The van der Waals surface area contributed by atoms with Crippen LogP contribution >= 0.6 is 11.8 Å². The van der Waals surface area contributed by atoms with Gasteiger partial charge in [0.05, 0.1) is 38.0 Å². The molecule has 0 radical (unpaired) electrons. The minimum Gasteiger partial charge on any atom is -0.493 e. The molecule has 2 aliphatic heterocycles. The van der Waals surface area contributed by atoms with Crippen LogP contribution in [-0.4, -0.2) is 68.2 Å². The summed E-state index contributed by atoms with van der Waals surface area (Å²) in [5.74, 6) is 0.438. The third-order valence-electron chi connectivity index (χ3n) is 6.38. The number of methoxy groups -OCH3 is 2. The van der Waals surface area contributed by atoms with Gasteiger partial charge in [0.2, 0.25) is 5.91 Å². The molecule has 2 heterocycles. The molecule has 1 atom stereocenters. The monoisotopic (exact) mass is 550 g/mol. The average molecular weight is 551 g/mol. The van der Waals surface area contributed by atoms with Gasteiger partial charge in [0.1, 0.15) is 6.61 Å². The summed E-state index contributed by atoms with van der Waals surface area (Å²) in [6.45, 7) is 3.20. The van der Waals surface area contributed by atoms with E-state index in [0.29, 0.717) is 40.0 Å². The van der Waals surface area contributed by atoms with Crippen LogP contribution in [0.2, 0.25) is 0 Å². The minimum absolute atomic E-state index is 0.110. The van der Waals surface area contributed by atoms with E-state index in [2.05, 4.69) is 5.32 Å². The number of amidine groups is 1. The molecular formula is C29H34N4O5S. The Hall–Kier alpha value is -3.76. The molecule has 0 aromatic heterocycles. The summed E-state index contributed by atoms with van der Waals surface area (Å²) in [6.07, 6.45) is 0.133. The molecule has 9 nitrogen and oxygen atoms in total. The van der Waals surface area contributed by atoms with Crippen molar-refractivity contribution in [1.82, 2.24) is 15.1 Å². The topological polar surface area (TPSA) is 92.7 Å². The average Bonchev–Trinajstić information content (AvgIpc) is 3.32. The maximum absolute atomic E-state index is 13.7. The summed E-state index contributed by atoms with van der Waals surface area (Å²) in [5, 5.41) is 5.56. The highest BCUT2D eigenvalue weighted by Crippen LogP contribution is 2.48. The zero-order chi connectivity index (χ0) is 27.9. The van der Waals surface area contributed by atoms with Crippen molar-refractivity contribution < 1.29 is 23.8 Å². The fraction of sp³-hybridized carbons (Fsp3) is 0.345. The van der Waals surface area contributed by atoms with Gasteiger partial charge >= 0.3 is 5.97 Å². The van der Waals surface area contributed by atoms with Gasteiger partial charge in [0.25, 0.3) is 0 Å². The Bertz CT molecular complexity index is 1310. The number of nitrogens with one attached hydrogen (secondary N) is 1. The Kier molecular flexibility index (Phi) is 9.32. The quantitative estimate of drug-likeness (QED) is 0.419. The standard InChI is InChI=1S/C29H34N4O5S/c1-19-25(28(35)38-17-20-10-7-6-8-11-20)26(22-12-9-13-23(36-4)27(22)37-5)33-21(18-39-29(33)31-19)16-24(34)30-14-15-32(2)3/h6-13,18,26H,14-17H2,1-5H3,(H,30,34)/t26-/m0/s1. The number of fused-ring (bicyclic) bond motifs is 1. The molecule has 39 heavy (non-hydrogen) atoms. The molecular weight excluding hydrogens is 516 g/mol. The van der Waals surface area contributed by atoms with Crippen LogP contribution in [0.25, 0.3) is 0 Å². The summed E-state index contributed by atoms with van der Waals surface area (Å²) in [5.41, 5.74) is 3.24. The summed E-state index contributed by atoms with van der Waals surface area (Å²) >= 11 is 1.42. The zero-order valence-electron chi connectivity index (χ0n) is 22.9. The van der Waals surface area contributed by atoms with E-state index in [0.717, 1.165) is 17.8 Å². The first-order valence-electron chi connectivity index (χ1n) is 12.6. The van der Waals surface area contributed by atoms with Crippen molar-refractivity contribution in [1.29, 1.82) is 0 Å². The number of hydrogen-bond acceptors (Lipinski definition) is 9. The Labute approximate surface area is 233 Å². The molecule has 1 N–H and O–H groups in total. The van der Waals surface area contributed by atoms with E-state index in [9.17, 15) is 9.59 Å². The summed E-state index contributed by atoms with van der Waals surface area (Å²) < 4.78 is 17.1. The number of nitrogens with zero attached hydrogens (tertiary/aromatic N) is 3. The second kappa shape index (κ2) is 12.9. The summed E-state index contributed by atoms with van der Waals surface area (Å²) in [6, 6.07) is 14.4. The molecule has 4 rings (SSSR count). The fourth-order valence-corrected chi connectivity index (χ4v) is 5.46. The number of likely N-dealkylation sites (N-methyl/N-ethyl adjacent to an activating group) is 1. The number of esters is 1. The summed E-state index contributed by atoms with van der Waals surface area (Å²) in [4.78, 5) is 35.2. The Morgan fingerprint density at radius 1 is 1.08 bits per heavy atom. The zero-order valence-corrected chi connectivity index (χ0v) is 23.7. The predicted octanol–water partition coefficient (Wildman–Crippen LogP) is 4.09. The van der Waals surface area contributed by atoms with Gasteiger partial charge in [-0.05, 0) is 38.1 Å². The highest BCUT2D eigenvalue weighted by atomic mass is 32.2. The smallest absolute Gasteiger partial charge is 0.338 e. The lowest BCUT2D eigenvalue weighted by Gasteiger charge is -2.37. The van der Waals surface area contributed by atoms with Crippen LogP contribution in [0.3, 0.4) is 0 Å². The van der Waals surface area contributed by atoms with Crippen molar-refractivity contribution in [3.8, 4) is 11.5 Å². The van der Waals surface area contributed by atoms with Gasteiger partial charge in [-0.2, -0.15) is 0 Å². The SMILES string of the molecule is COc1cccc([C@H]2C(C(=O)OCc3ccccc3)=C(C)N=C3SC=C(CC(=O)NCCN(C)C)N32)c1OC. The molecule has 0 spiro atoms. The molecule has 206 valence electrons. The normalized spacial score (nSPS) is 16.5. The molecule has 10 heteroatoms. The maximum Gasteiger partial charge on any atom is 0.338 e. The van der Waals surface area contributed by atoms with Gasteiger partial charge < -0.3 is 29.3 Å². The van der Waals surface area contributed by atoms with E-state index in [-0.39, 0.29) is 18.9 Å². The lowest BCUT2D eigenvalue weighted by atomic mass is 9.92. The molecule has 0 fully saturated rings. The van der Waals surface area contributed by atoms with Gasteiger partial charge in [-0.25, -0.2) is 9.79 Å². The molecule has 2 aromatic carbocycles. The van der Waals surface area contributed by atoms with Crippen LogP contribution in [-0.2, 0) is 20.9 Å². The molecule has 0 aliphatic carbocycles. The van der Waals surface area contributed by atoms with Gasteiger partial charge in [0.15, 0.2) is 16.7 Å². The van der Waals surface area contributed by atoms with Crippen LogP contribution in [0.15, 0.2) is 75.9 Å². The van der Waals surface area contributed by atoms with E-state index < -0.39 is 12.0 Å². The number of hydrogen-bond donors (Lipinski definition) is 1. The number of rotatable bonds is 11. The largest absolute Gasteiger partial charge is 0.493 e. The van der Waals surface area contributed by atoms with E-state index in [1.54, 1.807) is 27.2 Å². The van der Waals surface area contributed by atoms with Crippen molar-refractivity contribution in [3.63, 3.8) is 0 Å². The first-order valence-corrected chi connectivity index (χ1v) is 13.5. The van der Waals surface area contributed by atoms with Gasteiger partial charge in [0, 0.05) is 24.4 Å². The lowest BCUT2D eigenvalue weighted by molar-refractivity contribution is -0.141. The molecule has 2 aromatic rings. The van der Waals surface area contributed by atoms with Crippen molar-refractivity contribution in [2.24, 2.45) is 4.99 Å². The van der Waals surface area contributed by atoms with Crippen LogP contribution in [0.5, 0.6) is 11.5 Å². The van der Waals surface area contributed by atoms with Crippen LogP contribution < -0.4 is 14.8 Å². The Balaban J connectivity index is 1.70. The highest BCUT2D eigenvalue weighted by Gasteiger charge is 2.42. The second-order valence-corrected chi connectivity index (χ2v) is 10.2. The Morgan fingerprint density at radius 2 is 1.85 bits per heavy atom. The molecule has 0 saturated carbocycles. The van der Waals surface area contributed by atoms with E-state index in [1.807, 2.05) is 71.8 Å². The molecule has 1 amide bonds. The first kappa shape index (κ1) is 28.3. The number of carbonyl (C=O) groups excluding carboxylic acids is 2. The van der Waals surface area contributed by atoms with Gasteiger partial charge in [-0.15, -0.1) is 0 Å². The third kappa shape index (κ3) is 6.46. The maximum atomic E-state index is 13.7. The Morgan fingerprint density at radius 3 is 2.54 bits per heavy atom. The number of ether oxygens (including phenoxy) is 3. The van der Waals surface area contributed by atoms with Gasteiger partial charge in [-0.1, -0.05) is 54.2 Å². The number of amides is 1. The number of carbonyl (C=O) groups is 2. The molecule has 2 aliphatic rings. The van der Waals surface area contributed by atoms with Crippen molar-refractivity contribution in [3.05, 3.63) is 82.0 Å². The predicted molar refractivity (Wildman–Crippen MR) is 152 cm³/mol. The van der Waals surface area contributed by atoms with E-state index >= 15 is 0 Å². The number of para-hydroxylation sites is 1. The van der Waals surface area contributed by atoms with E-state index in [1.165, 1.54) is 11.8 Å². The molecule has 0 bridgehead atoms. The number of aliphatic imine (C=N–C) groups is 1. The molecule has 0 unspecified atom stereocenters. The number of thioether (sulfide) groups is 1. The highest BCUT2D eigenvalue weighted by molar-refractivity contribution is 8.16. The number of allylic oxidation sites excluding steroid dienone is 1. The second-order valence-electron chi connectivity index (χ2n) is 9.37. The number of benzene rings is 2.